The van der Waals surface area contributed by atoms with Crippen LogP contribution in [0, 0.1) is 20.8 Å². The summed E-state index contributed by atoms with van der Waals surface area (Å²) in [5.74, 6) is -0.436. The first-order valence-corrected chi connectivity index (χ1v) is 8.41. The molecule has 1 amide bonds. The van der Waals surface area contributed by atoms with E-state index in [-0.39, 0.29) is 23.6 Å². The second-order valence-electron chi connectivity index (χ2n) is 6.31. The van der Waals surface area contributed by atoms with Crippen molar-refractivity contribution in [2.75, 3.05) is 5.73 Å². The maximum atomic E-state index is 12.1. The van der Waals surface area contributed by atoms with Crippen LogP contribution in [0.5, 0.6) is 5.75 Å². The molecule has 11 heteroatoms. The van der Waals surface area contributed by atoms with E-state index in [1.165, 1.54) is 6.33 Å². The normalized spacial score (nSPS) is 10.7. The maximum absolute atomic E-state index is 12.1. The zero-order valence-corrected chi connectivity index (χ0v) is 15.9. The van der Waals surface area contributed by atoms with E-state index < -0.39 is 5.91 Å². The first-order chi connectivity index (χ1) is 13.7. The van der Waals surface area contributed by atoms with Gasteiger partial charge in [-0.3, -0.25) is 14.2 Å². The van der Waals surface area contributed by atoms with Gasteiger partial charge in [-0.25, -0.2) is 9.97 Å². The summed E-state index contributed by atoms with van der Waals surface area (Å²) >= 11 is 0. The fourth-order valence-electron chi connectivity index (χ4n) is 3.37. The lowest BCUT2D eigenvalue weighted by molar-refractivity contribution is -0.122. The number of nitrogen functional groups attached to an aromatic ring is 1. The SMILES string of the molecule is Cc1ccc(O)c(C)c1-n1c(N)c(C(N)=O)c2nc(C)c3ncnn3c21.O=CO. The van der Waals surface area contributed by atoms with E-state index in [0.717, 1.165) is 5.56 Å². The van der Waals surface area contributed by atoms with Crippen LogP contribution < -0.4 is 11.5 Å². The largest absolute Gasteiger partial charge is 0.508 e. The number of hydrogen-bond donors (Lipinski definition) is 4. The molecule has 3 heterocycles. The second-order valence-corrected chi connectivity index (χ2v) is 6.31. The lowest BCUT2D eigenvalue weighted by Gasteiger charge is -2.15. The fraction of sp³-hybridized carbons (Fsp3) is 0.167. The third kappa shape index (κ3) is 2.88. The molecule has 0 saturated carbocycles. The Balaban J connectivity index is 0.000000755. The van der Waals surface area contributed by atoms with Gasteiger partial charge in [0.1, 0.15) is 29.0 Å². The summed E-state index contributed by atoms with van der Waals surface area (Å²) < 4.78 is 3.22. The van der Waals surface area contributed by atoms with Gasteiger partial charge in [0.2, 0.25) is 0 Å². The number of benzene rings is 1. The van der Waals surface area contributed by atoms with Crippen molar-refractivity contribution < 1.29 is 19.8 Å². The smallest absolute Gasteiger partial charge is 0.290 e. The molecule has 0 radical (unpaired) electrons. The second kappa shape index (κ2) is 7.11. The van der Waals surface area contributed by atoms with E-state index in [1.54, 1.807) is 35.1 Å². The molecule has 11 nitrogen and oxygen atoms in total. The van der Waals surface area contributed by atoms with Crippen LogP contribution in [-0.2, 0) is 4.79 Å². The number of aromatic nitrogens is 5. The van der Waals surface area contributed by atoms with Gasteiger partial charge in [-0.05, 0) is 32.4 Å². The molecule has 150 valence electrons. The summed E-state index contributed by atoms with van der Waals surface area (Å²) in [5.41, 5.74) is 16.1. The van der Waals surface area contributed by atoms with Crippen LogP contribution in [0.15, 0.2) is 18.5 Å². The highest BCUT2D eigenvalue weighted by molar-refractivity contribution is 6.10. The van der Waals surface area contributed by atoms with E-state index in [4.69, 9.17) is 21.4 Å². The van der Waals surface area contributed by atoms with E-state index in [2.05, 4.69) is 15.1 Å². The molecule has 6 N–H and O–H groups in total. The van der Waals surface area contributed by atoms with Crippen LogP contribution >= 0.6 is 0 Å². The Hall–Kier alpha value is -4.15. The Bertz CT molecular complexity index is 1270. The molecule has 0 saturated heterocycles. The van der Waals surface area contributed by atoms with Crippen LogP contribution in [0.2, 0.25) is 0 Å². The van der Waals surface area contributed by atoms with Crippen molar-refractivity contribution in [1.82, 2.24) is 24.1 Å². The number of anilines is 1. The standard InChI is InChI=1S/C17H17N7O2.CH2O2/c1-7-4-5-10(25)8(2)13(7)23-14(18)11(15(19)26)12-17(23)24-16(9(3)22-12)20-6-21-24;2-1-3/h4-6,25H,18H2,1-3H3,(H2,19,26);1H,(H,2,3). The molecule has 4 rings (SSSR count). The molecule has 4 aromatic rings. The average molecular weight is 397 g/mol. The zero-order valence-electron chi connectivity index (χ0n) is 15.9. The van der Waals surface area contributed by atoms with Crippen LogP contribution in [0.3, 0.4) is 0 Å². The number of aromatic hydroxyl groups is 1. The molecule has 29 heavy (non-hydrogen) atoms. The van der Waals surface area contributed by atoms with E-state index in [9.17, 15) is 9.90 Å². The molecule has 0 fully saturated rings. The molecule has 1 aromatic carbocycles. The van der Waals surface area contributed by atoms with Crippen molar-refractivity contribution in [3.05, 3.63) is 40.8 Å². The van der Waals surface area contributed by atoms with Crippen LogP contribution in [0.25, 0.3) is 22.5 Å². The summed E-state index contributed by atoms with van der Waals surface area (Å²) in [7, 11) is 0. The third-order valence-corrected chi connectivity index (χ3v) is 4.58. The lowest BCUT2D eigenvalue weighted by Crippen LogP contribution is -2.14. The number of phenolic OH excluding ortho intramolecular Hbond substituents is 1. The number of phenols is 1. The van der Waals surface area contributed by atoms with Gasteiger partial charge in [-0.1, -0.05) is 6.07 Å². The number of aryl methyl sites for hydroxylation is 2. The Labute approximate surface area is 164 Å². The van der Waals surface area contributed by atoms with Gasteiger partial charge in [-0.2, -0.15) is 9.61 Å². The molecular weight excluding hydrogens is 378 g/mol. The predicted molar refractivity (Wildman–Crippen MR) is 105 cm³/mol. The van der Waals surface area contributed by atoms with Crippen molar-refractivity contribution >= 4 is 35.0 Å². The Kier molecular flexibility index (Phi) is 4.81. The molecule has 0 aliphatic carbocycles. The number of carbonyl (C=O) groups is 2. The average Bonchev–Trinajstić information content (AvgIpc) is 3.23. The number of nitrogens with zero attached hydrogens (tertiary/aromatic N) is 5. The minimum absolute atomic E-state index is 0.113. The van der Waals surface area contributed by atoms with Crippen molar-refractivity contribution in [3.8, 4) is 11.4 Å². The topological polar surface area (TPSA) is 175 Å². The van der Waals surface area contributed by atoms with E-state index in [1.807, 2.05) is 6.92 Å². The minimum Gasteiger partial charge on any atom is -0.508 e. The maximum Gasteiger partial charge on any atom is 0.290 e. The highest BCUT2D eigenvalue weighted by atomic mass is 16.3. The number of fused-ring (bicyclic) bond motifs is 3. The summed E-state index contributed by atoms with van der Waals surface area (Å²) in [4.78, 5) is 29.2. The summed E-state index contributed by atoms with van der Waals surface area (Å²) in [6.07, 6.45) is 1.41. The van der Waals surface area contributed by atoms with Gasteiger partial charge in [0.15, 0.2) is 11.3 Å². The van der Waals surface area contributed by atoms with Crippen molar-refractivity contribution in [2.24, 2.45) is 5.73 Å². The molecule has 0 bridgehead atoms. The van der Waals surface area contributed by atoms with Gasteiger partial charge in [-0.15, -0.1) is 0 Å². The zero-order chi connectivity index (χ0) is 21.5. The van der Waals surface area contributed by atoms with Crippen LogP contribution in [0.1, 0.15) is 27.2 Å². The van der Waals surface area contributed by atoms with E-state index in [0.29, 0.717) is 33.8 Å². The van der Waals surface area contributed by atoms with Crippen molar-refractivity contribution in [2.45, 2.75) is 20.8 Å². The molecule has 0 aliphatic heterocycles. The van der Waals surface area contributed by atoms with Gasteiger partial charge in [0.25, 0.3) is 12.4 Å². The molecule has 0 aliphatic rings. The number of rotatable bonds is 2. The monoisotopic (exact) mass is 397 g/mol. The first kappa shape index (κ1) is 19.6. The van der Waals surface area contributed by atoms with Crippen LogP contribution in [-0.4, -0.2) is 46.7 Å². The number of amides is 1. The summed E-state index contributed by atoms with van der Waals surface area (Å²) in [5, 5.41) is 21.3. The number of nitrogens with two attached hydrogens (primary N) is 2. The van der Waals surface area contributed by atoms with Crippen molar-refractivity contribution in [1.29, 1.82) is 0 Å². The summed E-state index contributed by atoms with van der Waals surface area (Å²) in [6, 6.07) is 3.38. The molecular formula is C18H19N7O4. The fourth-order valence-corrected chi connectivity index (χ4v) is 3.37. The highest BCUT2D eigenvalue weighted by Crippen LogP contribution is 2.35. The van der Waals surface area contributed by atoms with Gasteiger partial charge < -0.3 is 21.7 Å². The molecule has 0 atom stereocenters. The van der Waals surface area contributed by atoms with Gasteiger partial charge in [0.05, 0.1) is 11.4 Å². The highest BCUT2D eigenvalue weighted by Gasteiger charge is 2.26. The van der Waals surface area contributed by atoms with Crippen LogP contribution in [0.4, 0.5) is 5.82 Å². The number of hydrogen-bond acceptors (Lipinski definition) is 7. The van der Waals surface area contributed by atoms with Gasteiger partial charge in [0, 0.05) is 5.56 Å². The molecule has 0 spiro atoms. The Morgan fingerprint density at radius 2 is 1.90 bits per heavy atom. The lowest BCUT2D eigenvalue weighted by atomic mass is 10.1. The Morgan fingerprint density at radius 1 is 1.24 bits per heavy atom. The van der Waals surface area contributed by atoms with Gasteiger partial charge >= 0.3 is 0 Å². The molecule has 0 unspecified atom stereocenters. The molecule has 3 aromatic heterocycles. The quantitative estimate of drug-likeness (QED) is 0.363. The minimum atomic E-state index is -0.687. The third-order valence-electron chi connectivity index (χ3n) is 4.58. The number of carbonyl (C=O) groups excluding carboxylic acids is 1. The summed E-state index contributed by atoms with van der Waals surface area (Å²) in [6.45, 7) is 5.18. The first-order valence-electron chi connectivity index (χ1n) is 8.41. The van der Waals surface area contributed by atoms with Crippen molar-refractivity contribution in [3.63, 3.8) is 0 Å². The van der Waals surface area contributed by atoms with E-state index >= 15 is 0 Å². The number of primary amides is 1. The Morgan fingerprint density at radius 3 is 2.52 bits per heavy atom. The number of carboxylic acid groups (broad SMARTS) is 1. The predicted octanol–water partition coefficient (Wildman–Crippen LogP) is 1.08.